The predicted octanol–water partition coefficient (Wildman–Crippen LogP) is 2.25. The molecule has 0 bridgehead atoms. The monoisotopic (exact) mass is 282 g/mol. The van der Waals surface area contributed by atoms with Crippen LogP contribution in [0.1, 0.15) is 45.4 Å². The Morgan fingerprint density at radius 1 is 1.35 bits per heavy atom. The smallest absolute Gasteiger partial charge is 0.333 e. The molecule has 0 saturated heterocycles. The molecule has 1 N–H and O–H groups in total. The fourth-order valence-corrected chi connectivity index (χ4v) is 1.82. The molecule has 20 heavy (non-hydrogen) atoms. The summed E-state index contributed by atoms with van der Waals surface area (Å²) in [5.74, 6) is -1.09. The summed E-state index contributed by atoms with van der Waals surface area (Å²) >= 11 is 0. The van der Waals surface area contributed by atoms with Crippen LogP contribution >= 0.6 is 0 Å². The Labute approximate surface area is 119 Å². The summed E-state index contributed by atoms with van der Waals surface area (Å²) in [6, 6.07) is 0. The van der Waals surface area contributed by atoms with Crippen molar-refractivity contribution in [3.8, 4) is 0 Å². The molecular formula is C15H22O5. The molecule has 0 saturated carbocycles. The summed E-state index contributed by atoms with van der Waals surface area (Å²) < 4.78 is 9.48. The molecule has 0 radical (unpaired) electrons. The predicted molar refractivity (Wildman–Crippen MR) is 73.7 cm³/mol. The number of carbonyl (C=O) groups excluding carboxylic acids is 2. The summed E-state index contributed by atoms with van der Waals surface area (Å²) in [7, 11) is 0. The zero-order chi connectivity index (χ0) is 14.8. The van der Waals surface area contributed by atoms with E-state index < -0.39 is 18.2 Å². The molecule has 0 aromatic heterocycles. The number of carbonyl (C=O) groups is 2. The lowest BCUT2D eigenvalue weighted by molar-refractivity contribution is -0.150. The van der Waals surface area contributed by atoms with Gasteiger partial charge in [0.1, 0.15) is 0 Å². The van der Waals surface area contributed by atoms with E-state index in [0.717, 1.165) is 18.9 Å². The summed E-state index contributed by atoms with van der Waals surface area (Å²) in [6.07, 6.45) is 9.15. The van der Waals surface area contributed by atoms with Crippen molar-refractivity contribution in [3.05, 3.63) is 23.8 Å². The lowest BCUT2D eigenvalue weighted by Gasteiger charge is -2.03. The summed E-state index contributed by atoms with van der Waals surface area (Å²) in [5, 5.41) is 9.27. The van der Waals surface area contributed by atoms with Gasteiger partial charge >= 0.3 is 11.9 Å². The fourth-order valence-electron chi connectivity index (χ4n) is 1.82. The third kappa shape index (κ3) is 6.52. The Bertz CT molecular complexity index is 384. The quantitative estimate of drug-likeness (QED) is 0.399. The van der Waals surface area contributed by atoms with Crippen molar-refractivity contribution >= 4 is 11.9 Å². The maximum atomic E-state index is 11.4. The molecule has 0 aliphatic carbocycles. The number of aliphatic hydroxyl groups excluding tert-OH is 1. The highest BCUT2D eigenvalue weighted by molar-refractivity contribution is 5.88. The van der Waals surface area contributed by atoms with Crippen molar-refractivity contribution in [2.45, 2.75) is 51.7 Å². The van der Waals surface area contributed by atoms with Crippen molar-refractivity contribution in [2.24, 2.45) is 0 Å². The van der Waals surface area contributed by atoms with Gasteiger partial charge < -0.3 is 14.6 Å². The largest absolute Gasteiger partial charge is 0.463 e. The molecule has 0 amide bonds. The van der Waals surface area contributed by atoms with E-state index in [1.165, 1.54) is 37.8 Å². The molecule has 0 aromatic rings. The van der Waals surface area contributed by atoms with Gasteiger partial charge in [0.15, 0.2) is 0 Å². The van der Waals surface area contributed by atoms with Gasteiger partial charge in [-0.15, -0.1) is 0 Å². The van der Waals surface area contributed by atoms with Gasteiger partial charge in [-0.1, -0.05) is 39.0 Å². The highest BCUT2D eigenvalue weighted by atomic mass is 16.6. The van der Waals surface area contributed by atoms with Crippen molar-refractivity contribution < 1.29 is 24.2 Å². The number of ether oxygens (including phenoxy) is 2. The number of aliphatic hydroxyl groups is 1. The van der Waals surface area contributed by atoms with Gasteiger partial charge in [0, 0.05) is 17.7 Å². The second kappa shape index (κ2) is 9.31. The first kappa shape index (κ1) is 16.4. The second-order valence-corrected chi connectivity index (χ2v) is 4.70. The highest BCUT2D eigenvalue weighted by Crippen LogP contribution is 2.14. The molecule has 1 unspecified atom stereocenters. The number of hydrogen-bond donors (Lipinski definition) is 1. The zero-order valence-electron chi connectivity index (χ0n) is 11.8. The van der Waals surface area contributed by atoms with Crippen LogP contribution < -0.4 is 0 Å². The number of hydrogen-bond acceptors (Lipinski definition) is 5. The van der Waals surface area contributed by atoms with Crippen LogP contribution in [0.4, 0.5) is 0 Å². The molecule has 112 valence electrons. The van der Waals surface area contributed by atoms with Gasteiger partial charge in [0.2, 0.25) is 6.29 Å². The van der Waals surface area contributed by atoms with Crippen LogP contribution in [0.5, 0.6) is 0 Å². The summed E-state index contributed by atoms with van der Waals surface area (Å²) in [4.78, 5) is 22.2. The topological polar surface area (TPSA) is 72.8 Å². The first-order chi connectivity index (χ1) is 9.63. The highest BCUT2D eigenvalue weighted by Gasteiger charge is 2.21. The molecule has 0 spiro atoms. The normalized spacial score (nSPS) is 18.2. The van der Waals surface area contributed by atoms with E-state index >= 15 is 0 Å². The van der Waals surface area contributed by atoms with E-state index in [1.54, 1.807) is 0 Å². The minimum absolute atomic E-state index is 0.256. The Morgan fingerprint density at radius 3 is 2.70 bits per heavy atom. The average Bonchev–Trinajstić information content (AvgIpc) is 2.73. The van der Waals surface area contributed by atoms with Gasteiger partial charge in [-0.2, -0.15) is 0 Å². The zero-order valence-corrected chi connectivity index (χ0v) is 11.8. The van der Waals surface area contributed by atoms with Crippen molar-refractivity contribution in [3.63, 3.8) is 0 Å². The Balaban J connectivity index is 2.11. The van der Waals surface area contributed by atoms with E-state index in [4.69, 9.17) is 4.74 Å². The Morgan fingerprint density at radius 2 is 2.05 bits per heavy atom. The van der Waals surface area contributed by atoms with E-state index in [-0.39, 0.29) is 5.57 Å². The standard InChI is InChI=1S/C15H22O5/c1-2-3-4-5-6-7-10-19-13(16)9-8-12-11-14(17)20-15(12)18/h8-9,11,15,18H,2-7,10H2,1H3/b9-8+. The summed E-state index contributed by atoms with van der Waals surface area (Å²) in [6.45, 7) is 2.57. The third-order valence-corrected chi connectivity index (χ3v) is 2.95. The Hall–Kier alpha value is -1.62. The summed E-state index contributed by atoms with van der Waals surface area (Å²) in [5.41, 5.74) is 0.256. The van der Waals surface area contributed by atoms with Crippen LogP contribution in [0.2, 0.25) is 0 Å². The van der Waals surface area contributed by atoms with E-state index in [2.05, 4.69) is 11.7 Å². The van der Waals surface area contributed by atoms with Crippen molar-refractivity contribution in [1.29, 1.82) is 0 Å². The number of rotatable bonds is 9. The molecule has 1 atom stereocenters. The van der Waals surface area contributed by atoms with Crippen LogP contribution in [0.3, 0.4) is 0 Å². The van der Waals surface area contributed by atoms with Gasteiger partial charge in [-0.25, -0.2) is 9.59 Å². The first-order valence-corrected chi connectivity index (χ1v) is 7.08. The lowest BCUT2D eigenvalue weighted by atomic mass is 10.1. The molecule has 0 fully saturated rings. The van der Waals surface area contributed by atoms with Gasteiger partial charge in [-0.05, 0) is 12.5 Å². The molecule has 5 heteroatoms. The maximum absolute atomic E-state index is 11.4. The van der Waals surface area contributed by atoms with Gasteiger partial charge in [0.05, 0.1) is 6.61 Å². The molecule has 1 aliphatic heterocycles. The molecule has 1 rings (SSSR count). The molecule has 0 aromatic carbocycles. The minimum Gasteiger partial charge on any atom is -0.463 e. The molecule has 1 heterocycles. The number of esters is 2. The third-order valence-electron chi connectivity index (χ3n) is 2.95. The molecule has 1 aliphatic rings. The van der Waals surface area contributed by atoms with Crippen molar-refractivity contribution in [2.75, 3.05) is 6.61 Å². The van der Waals surface area contributed by atoms with Crippen LogP contribution in [-0.4, -0.2) is 29.9 Å². The molecule has 5 nitrogen and oxygen atoms in total. The fraction of sp³-hybridized carbons (Fsp3) is 0.600. The van der Waals surface area contributed by atoms with E-state index in [0.29, 0.717) is 6.61 Å². The maximum Gasteiger partial charge on any atom is 0.333 e. The SMILES string of the molecule is CCCCCCCCOC(=O)/C=C/C1=CC(=O)OC1O. The van der Waals surface area contributed by atoms with Crippen LogP contribution in [-0.2, 0) is 19.1 Å². The minimum atomic E-state index is -1.29. The van der Waals surface area contributed by atoms with E-state index in [1.807, 2.05) is 0 Å². The van der Waals surface area contributed by atoms with Crippen LogP contribution in [0.25, 0.3) is 0 Å². The van der Waals surface area contributed by atoms with Crippen LogP contribution in [0, 0.1) is 0 Å². The van der Waals surface area contributed by atoms with Crippen LogP contribution in [0.15, 0.2) is 23.8 Å². The van der Waals surface area contributed by atoms with Gasteiger partial charge in [0.25, 0.3) is 0 Å². The Kier molecular flexibility index (Phi) is 7.65. The molecular weight excluding hydrogens is 260 g/mol. The van der Waals surface area contributed by atoms with Crippen molar-refractivity contribution in [1.82, 2.24) is 0 Å². The lowest BCUT2D eigenvalue weighted by Crippen LogP contribution is -2.09. The number of unbranched alkanes of at least 4 members (excludes halogenated alkanes) is 5. The van der Waals surface area contributed by atoms with E-state index in [9.17, 15) is 14.7 Å². The second-order valence-electron chi connectivity index (χ2n) is 4.70. The number of cyclic esters (lactones) is 1. The first-order valence-electron chi connectivity index (χ1n) is 7.08. The average molecular weight is 282 g/mol. The van der Waals surface area contributed by atoms with Gasteiger partial charge in [-0.3, -0.25) is 0 Å².